The maximum absolute atomic E-state index is 15.1. The fourth-order valence-corrected chi connectivity index (χ4v) is 9.29. The zero-order valence-corrected chi connectivity index (χ0v) is 32.9. The molecule has 7 rings (SSSR count). The maximum atomic E-state index is 15.1. The molecule has 5 aliphatic rings. The lowest BCUT2D eigenvalue weighted by Gasteiger charge is -2.52. The molecule has 0 aromatic heterocycles. The Kier molecular flexibility index (Phi) is 10.7. The first-order valence-corrected chi connectivity index (χ1v) is 19.1. The van der Waals surface area contributed by atoms with Crippen LogP contribution < -0.4 is 4.74 Å². The topological polar surface area (TPSA) is 245 Å². The van der Waals surface area contributed by atoms with Gasteiger partial charge >= 0.3 is 5.97 Å². The molecule has 8 unspecified atom stereocenters. The molecular formula is C41H46N2O15. The maximum Gasteiger partial charge on any atom is 0.341 e. The second-order valence-electron chi connectivity index (χ2n) is 15.6. The van der Waals surface area contributed by atoms with Crippen molar-refractivity contribution in [2.24, 2.45) is 10.4 Å². The minimum atomic E-state index is -3.03. The number of aliphatic imine (C=N–C) groups is 1. The number of benzene rings is 2. The second-order valence-corrected chi connectivity index (χ2v) is 15.6. The number of hydrogen-bond acceptors (Lipinski definition) is 16. The number of ether oxygens (including phenoxy) is 5. The van der Waals surface area contributed by atoms with Crippen LogP contribution in [0, 0.1) is 12.3 Å². The lowest BCUT2D eigenvalue weighted by Crippen LogP contribution is -2.65. The van der Waals surface area contributed by atoms with E-state index in [1.165, 1.54) is 27.2 Å². The van der Waals surface area contributed by atoms with E-state index < -0.39 is 130 Å². The number of carbonyl (C=O) groups is 6. The molecule has 2 heterocycles. The number of hydrogen-bond donors (Lipinski definition) is 4. The molecule has 17 nitrogen and oxygen atoms in total. The van der Waals surface area contributed by atoms with E-state index in [2.05, 4.69) is 4.99 Å². The zero-order valence-electron chi connectivity index (χ0n) is 32.9. The van der Waals surface area contributed by atoms with E-state index in [0.717, 1.165) is 39.4 Å². The summed E-state index contributed by atoms with van der Waals surface area (Å²) in [6.45, 7) is 4.62. The van der Waals surface area contributed by atoms with Gasteiger partial charge in [0.05, 0.1) is 48.0 Å². The van der Waals surface area contributed by atoms with Gasteiger partial charge in [-0.25, -0.2) is 4.79 Å². The minimum Gasteiger partial charge on any atom is -0.506 e. The molecule has 2 aromatic rings. The highest BCUT2D eigenvalue weighted by Gasteiger charge is 2.69. The summed E-state index contributed by atoms with van der Waals surface area (Å²) in [7, 11) is 3.78. The van der Waals surface area contributed by atoms with Crippen LogP contribution in [0.2, 0.25) is 0 Å². The molecule has 3 aliphatic carbocycles. The first kappa shape index (κ1) is 41.3. The van der Waals surface area contributed by atoms with Crippen molar-refractivity contribution in [1.82, 2.24) is 4.90 Å². The molecule has 4 N–H and O–H groups in total. The molecule has 0 spiro atoms. The SMILES string of the molecule is COC(=O)c1c(C)cc2c(c1OCC(=O)N1CCCCC1)C1(O)C(=O)c3cc4c(c(O)c3C(=O)C1(C)C(O)C2)C(=O)CC(=NC1OC(C)C(OC)C(O)C1OC)C4=O. The van der Waals surface area contributed by atoms with Gasteiger partial charge in [0.1, 0.15) is 35.4 Å². The molecule has 2 fully saturated rings. The van der Waals surface area contributed by atoms with E-state index in [1.807, 2.05) is 0 Å². The number of rotatable bonds is 7. The summed E-state index contributed by atoms with van der Waals surface area (Å²) in [5.74, 6) is -6.93. The molecular weight excluding hydrogens is 760 g/mol. The Balaban J connectivity index is 1.38. The number of nitrogens with zero attached hydrogens (tertiary/aromatic N) is 2. The Hall–Kier alpha value is -4.91. The average molecular weight is 807 g/mol. The average Bonchev–Trinajstić information content (AvgIpc) is 3.19. The summed E-state index contributed by atoms with van der Waals surface area (Å²) in [5, 5.41) is 47.3. The normalized spacial score (nSPS) is 31.3. The zero-order chi connectivity index (χ0) is 42.2. The summed E-state index contributed by atoms with van der Waals surface area (Å²) in [5.41, 5.74) is -8.50. The molecule has 2 saturated heterocycles. The number of phenols is 1. The number of carbonyl (C=O) groups excluding carboxylic acids is 6. The molecule has 0 radical (unpaired) electrons. The van der Waals surface area contributed by atoms with E-state index in [-0.39, 0.29) is 34.4 Å². The lowest BCUT2D eigenvalue weighted by atomic mass is 9.51. The Bertz CT molecular complexity index is 2180. The number of aliphatic hydroxyl groups is 3. The summed E-state index contributed by atoms with van der Waals surface area (Å²) in [6.07, 6.45) is -5.41. The summed E-state index contributed by atoms with van der Waals surface area (Å²) in [6, 6.07) is 2.36. The van der Waals surface area contributed by atoms with Gasteiger partial charge in [-0.2, -0.15) is 0 Å². The number of likely N-dealkylation sites (tertiary alicyclic amines) is 1. The number of methoxy groups -OCH3 is 3. The summed E-state index contributed by atoms with van der Waals surface area (Å²) in [4.78, 5) is 90.4. The number of aryl methyl sites for hydroxylation is 1. The Morgan fingerprint density at radius 1 is 0.966 bits per heavy atom. The number of fused-ring (bicyclic) bond motifs is 5. The third-order valence-corrected chi connectivity index (χ3v) is 12.5. The van der Waals surface area contributed by atoms with Crippen LogP contribution >= 0.6 is 0 Å². The fourth-order valence-electron chi connectivity index (χ4n) is 9.29. The van der Waals surface area contributed by atoms with Crippen LogP contribution in [-0.4, -0.2) is 144 Å². The number of aromatic hydroxyl groups is 1. The predicted molar refractivity (Wildman–Crippen MR) is 200 cm³/mol. The highest BCUT2D eigenvalue weighted by Crippen LogP contribution is 2.59. The highest BCUT2D eigenvalue weighted by molar-refractivity contribution is 6.53. The van der Waals surface area contributed by atoms with Gasteiger partial charge in [0, 0.05) is 50.4 Å². The van der Waals surface area contributed by atoms with E-state index in [1.54, 1.807) is 11.8 Å². The minimum absolute atomic E-state index is 0.123. The molecule has 0 bridgehead atoms. The Labute approximate surface area is 332 Å². The standard InChI is InChI=1S/C41H46N2O15/c1-17-12-19-13-24(45)40(3)37(51)28-21(36(50)41(40,53)29(19)34(26(17)39(52)56-6)57-16-25(46)43-10-8-7-9-11-43)14-20-27(31(28)48)23(44)15-22(30(20)47)42-38-35(55-5)32(49)33(54-4)18(2)58-38/h12,14,18,24,32-33,35,38,45,48-49,53H,7-11,13,15-16H2,1-6H3. The van der Waals surface area contributed by atoms with E-state index in [9.17, 15) is 44.4 Å². The number of Topliss-reactive ketones (excluding diaryl/α,β-unsaturated/α-hetero) is 4. The van der Waals surface area contributed by atoms with Gasteiger partial charge in [0.25, 0.3) is 5.91 Å². The summed E-state index contributed by atoms with van der Waals surface area (Å²) < 4.78 is 27.8. The molecule has 2 aliphatic heterocycles. The number of phenolic OH excluding ortho intramolecular Hbond substituents is 1. The van der Waals surface area contributed by atoms with Gasteiger partial charge in [-0.3, -0.25) is 29.0 Å². The van der Waals surface area contributed by atoms with Crippen molar-refractivity contribution >= 4 is 40.7 Å². The van der Waals surface area contributed by atoms with Gasteiger partial charge in [-0.1, -0.05) is 6.07 Å². The quantitative estimate of drug-likeness (QED) is 0.289. The predicted octanol–water partition coefficient (Wildman–Crippen LogP) is 1.41. The van der Waals surface area contributed by atoms with Crippen LogP contribution in [0.25, 0.3) is 0 Å². The number of ketones is 4. The molecule has 310 valence electrons. The number of amides is 1. The van der Waals surface area contributed by atoms with Crippen LogP contribution in [0.5, 0.6) is 11.5 Å². The molecule has 0 saturated carbocycles. The summed E-state index contributed by atoms with van der Waals surface area (Å²) >= 11 is 0. The molecule has 8 atom stereocenters. The van der Waals surface area contributed by atoms with Crippen molar-refractivity contribution in [1.29, 1.82) is 0 Å². The van der Waals surface area contributed by atoms with Crippen molar-refractivity contribution in [3.05, 3.63) is 56.6 Å². The fraction of sp³-hybridized carbons (Fsp3) is 0.537. The first-order valence-electron chi connectivity index (χ1n) is 19.1. The highest BCUT2D eigenvalue weighted by atomic mass is 16.6. The smallest absolute Gasteiger partial charge is 0.341 e. The van der Waals surface area contributed by atoms with Gasteiger partial charge in [-0.15, -0.1) is 0 Å². The third kappa shape index (κ3) is 5.92. The van der Waals surface area contributed by atoms with Crippen LogP contribution in [0.3, 0.4) is 0 Å². The van der Waals surface area contributed by atoms with Crippen molar-refractivity contribution in [2.45, 2.75) is 95.2 Å². The number of aliphatic hydroxyl groups excluding tert-OH is 2. The monoisotopic (exact) mass is 806 g/mol. The number of piperidine rings is 1. The van der Waals surface area contributed by atoms with E-state index in [4.69, 9.17) is 23.7 Å². The lowest BCUT2D eigenvalue weighted by molar-refractivity contribution is -0.228. The Morgan fingerprint density at radius 2 is 1.64 bits per heavy atom. The van der Waals surface area contributed by atoms with Crippen molar-refractivity contribution in [3.8, 4) is 11.5 Å². The third-order valence-electron chi connectivity index (χ3n) is 12.5. The van der Waals surface area contributed by atoms with E-state index >= 15 is 4.79 Å². The van der Waals surface area contributed by atoms with Crippen molar-refractivity contribution < 1.29 is 72.9 Å². The van der Waals surface area contributed by atoms with Crippen molar-refractivity contribution in [2.75, 3.05) is 41.0 Å². The first-order chi connectivity index (χ1) is 27.5. The largest absolute Gasteiger partial charge is 0.506 e. The second kappa shape index (κ2) is 15.0. The van der Waals surface area contributed by atoms with Gasteiger partial charge in [0.15, 0.2) is 30.0 Å². The van der Waals surface area contributed by atoms with E-state index in [0.29, 0.717) is 13.1 Å². The van der Waals surface area contributed by atoms with Gasteiger partial charge < -0.3 is 49.0 Å². The van der Waals surface area contributed by atoms with Crippen LogP contribution in [-0.2, 0) is 35.8 Å². The van der Waals surface area contributed by atoms with Gasteiger partial charge in [-0.05, 0) is 57.2 Å². The molecule has 58 heavy (non-hydrogen) atoms. The number of esters is 1. The van der Waals surface area contributed by atoms with Crippen LogP contribution in [0.4, 0.5) is 0 Å². The van der Waals surface area contributed by atoms with Gasteiger partial charge in [0.2, 0.25) is 11.6 Å². The van der Waals surface area contributed by atoms with Crippen LogP contribution in [0.1, 0.15) is 108 Å². The Morgan fingerprint density at radius 3 is 2.28 bits per heavy atom. The molecule has 2 aromatic carbocycles. The van der Waals surface area contributed by atoms with Crippen molar-refractivity contribution in [3.63, 3.8) is 0 Å². The van der Waals surface area contributed by atoms with Crippen LogP contribution in [0.15, 0.2) is 17.1 Å². The molecule has 17 heteroatoms. The molecule has 1 amide bonds.